The van der Waals surface area contributed by atoms with E-state index in [0.29, 0.717) is 11.6 Å². The zero-order valence-electron chi connectivity index (χ0n) is 16.2. The molecule has 0 spiro atoms. The zero-order chi connectivity index (χ0) is 19.8. The largest absolute Gasteiger partial charge is 0.356 e. The summed E-state index contributed by atoms with van der Waals surface area (Å²) < 4.78 is 0. The number of nitrogens with one attached hydrogen (secondary N) is 3. The van der Waals surface area contributed by atoms with Crippen LogP contribution in [0.5, 0.6) is 0 Å². The first-order valence-corrected chi connectivity index (χ1v) is 9.52. The normalized spacial score (nSPS) is 15.1. The molecule has 1 fully saturated rings. The average Bonchev–Trinajstić information content (AvgIpc) is 2.70. The highest BCUT2D eigenvalue weighted by Crippen LogP contribution is 2.43. The van der Waals surface area contributed by atoms with E-state index in [9.17, 15) is 4.79 Å². The van der Waals surface area contributed by atoms with Crippen molar-refractivity contribution in [1.29, 1.82) is 0 Å². The third-order valence-electron chi connectivity index (χ3n) is 5.24. The molecule has 0 heterocycles. The fraction of sp³-hybridized carbons (Fsp3) is 0.304. The van der Waals surface area contributed by atoms with E-state index in [1.54, 1.807) is 13.1 Å². The van der Waals surface area contributed by atoms with Crippen LogP contribution in [-0.2, 0) is 10.2 Å². The Morgan fingerprint density at radius 2 is 1.93 bits per heavy atom. The van der Waals surface area contributed by atoms with Crippen molar-refractivity contribution in [2.24, 2.45) is 4.99 Å². The summed E-state index contributed by atoms with van der Waals surface area (Å²) in [6.07, 6.45) is 8.95. The topological polar surface area (TPSA) is 65.5 Å². The number of nitrogens with zero attached hydrogens (tertiary/aromatic N) is 1. The van der Waals surface area contributed by atoms with Crippen LogP contribution >= 0.6 is 0 Å². The van der Waals surface area contributed by atoms with Gasteiger partial charge < -0.3 is 16.0 Å². The van der Waals surface area contributed by atoms with Gasteiger partial charge in [-0.2, -0.15) is 0 Å². The number of hydrogen-bond acceptors (Lipinski definition) is 2. The highest BCUT2D eigenvalue weighted by atomic mass is 16.1. The van der Waals surface area contributed by atoms with Gasteiger partial charge in [-0.25, -0.2) is 0 Å². The second kappa shape index (κ2) is 9.09. The highest BCUT2D eigenvalue weighted by molar-refractivity contribution is 5.95. The number of rotatable bonds is 6. The molecule has 1 saturated carbocycles. The summed E-state index contributed by atoms with van der Waals surface area (Å²) >= 11 is 0. The summed E-state index contributed by atoms with van der Waals surface area (Å²) in [6, 6.07) is 17.8. The Morgan fingerprint density at radius 1 is 1.14 bits per heavy atom. The van der Waals surface area contributed by atoms with E-state index >= 15 is 0 Å². The first kappa shape index (κ1) is 19.5. The van der Waals surface area contributed by atoms with Crippen LogP contribution < -0.4 is 16.0 Å². The predicted octanol–water partition coefficient (Wildman–Crippen LogP) is 2.89. The molecule has 0 radical (unpaired) electrons. The third-order valence-corrected chi connectivity index (χ3v) is 5.24. The molecule has 1 aliphatic rings. The van der Waals surface area contributed by atoms with Gasteiger partial charge in [0.15, 0.2) is 5.96 Å². The quantitative estimate of drug-likeness (QED) is 0.414. The Balaban J connectivity index is 1.51. The number of benzene rings is 2. The van der Waals surface area contributed by atoms with Crippen molar-refractivity contribution in [1.82, 2.24) is 10.6 Å². The van der Waals surface area contributed by atoms with Gasteiger partial charge in [-0.15, -0.1) is 6.42 Å². The van der Waals surface area contributed by atoms with E-state index in [4.69, 9.17) is 6.42 Å². The van der Waals surface area contributed by atoms with Crippen molar-refractivity contribution in [3.05, 3.63) is 65.7 Å². The number of carbonyl (C=O) groups is 1. The van der Waals surface area contributed by atoms with Crippen molar-refractivity contribution < 1.29 is 4.79 Å². The maximum atomic E-state index is 12.2. The summed E-state index contributed by atoms with van der Waals surface area (Å²) in [4.78, 5) is 16.5. The van der Waals surface area contributed by atoms with Gasteiger partial charge in [0.25, 0.3) is 0 Å². The molecule has 144 valence electrons. The van der Waals surface area contributed by atoms with Crippen molar-refractivity contribution in [3.63, 3.8) is 0 Å². The van der Waals surface area contributed by atoms with Gasteiger partial charge in [-0.1, -0.05) is 48.7 Å². The zero-order valence-corrected chi connectivity index (χ0v) is 16.2. The highest BCUT2D eigenvalue weighted by Gasteiger charge is 2.38. The number of carbonyl (C=O) groups excluding carboxylic acids is 1. The first-order valence-electron chi connectivity index (χ1n) is 9.52. The number of amides is 1. The minimum atomic E-state index is -0.154. The molecule has 28 heavy (non-hydrogen) atoms. The van der Waals surface area contributed by atoms with Crippen molar-refractivity contribution in [2.75, 3.05) is 25.5 Å². The van der Waals surface area contributed by atoms with Gasteiger partial charge in [-0.05, 0) is 36.6 Å². The number of guanidine groups is 1. The van der Waals surface area contributed by atoms with Gasteiger partial charge in [0.1, 0.15) is 0 Å². The van der Waals surface area contributed by atoms with E-state index in [-0.39, 0.29) is 17.9 Å². The smallest absolute Gasteiger partial charge is 0.243 e. The standard InChI is InChI=1S/C23H26N4O/c1-3-18-9-7-12-20(15-18)27-21(28)16-25-22(24-2)26-17-23(13-8-14-23)19-10-5-4-6-11-19/h1,4-7,9-12,15H,8,13-14,16-17H2,2H3,(H,27,28)(H2,24,25,26). The van der Waals surface area contributed by atoms with Crippen molar-refractivity contribution in [2.45, 2.75) is 24.7 Å². The van der Waals surface area contributed by atoms with E-state index in [1.807, 2.05) is 24.3 Å². The number of anilines is 1. The van der Waals surface area contributed by atoms with E-state index in [0.717, 1.165) is 24.9 Å². The Hall–Kier alpha value is -3.26. The number of aliphatic imine (C=N–C) groups is 1. The Morgan fingerprint density at radius 3 is 2.57 bits per heavy atom. The van der Waals surface area contributed by atoms with Crippen LogP contribution in [0.4, 0.5) is 5.69 Å². The van der Waals surface area contributed by atoms with Gasteiger partial charge in [0.05, 0.1) is 6.54 Å². The van der Waals surface area contributed by atoms with Crippen LogP contribution in [0, 0.1) is 12.3 Å². The lowest BCUT2D eigenvalue weighted by Gasteiger charge is -2.43. The molecule has 2 aromatic carbocycles. The molecule has 2 aromatic rings. The van der Waals surface area contributed by atoms with Gasteiger partial charge in [-0.3, -0.25) is 9.79 Å². The molecule has 0 saturated heterocycles. The molecule has 3 N–H and O–H groups in total. The minimum Gasteiger partial charge on any atom is -0.356 e. The molecule has 3 rings (SSSR count). The lowest BCUT2D eigenvalue weighted by molar-refractivity contribution is -0.115. The summed E-state index contributed by atoms with van der Waals surface area (Å²) in [6.45, 7) is 0.917. The summed E-state index contributed by atoms with van der Waals surface area (Å²) in [7, 11) is 1.71. The summed E-state index contributed by atoms with van der Waals surface area (Å²) in [5, 5.41) is 9.29. The molecule has 0 bridgehead atoms. The van der Waals surface area contributed by atoms with Crippen LogP contribution in [-0.4, -0.2) is 32.0 Å². The SMILES string of the molecule is C#Cc1cccc(NC(=O)CNC(=NC)NCC2(c3ccccc3)CCC2)c1. The molecule has 0 aromatic heterocycles. The second-order valence-electron chi connectivity index (χ2n) is 7.05. The third kappa shape index (κ3) is 4.72. The molecule has 0 aliphatic heterocycles. The maximum absolute atomic E-state index is 12.2. The van der Waals surface area contributed by atoms with E-state index < -0.39 is 0 Å². The van der Waals surface area contributed by atoms with Gasteiger partial charge in [0.2, 0.25) is 5.91 Å². The number of hydrogen-bond donors (Lipinski definition) is 3. The van der Waals surface area contributed by atoms with Crippen LogP contribution in [0.2, 0.25) is 0 Å². The number of terminal acetylenes is 1. The van der Waals surface area contributed by atoms with E-state index in [1.165, 1.54) is 12.0 Å². The van der Waals surface area contributed by atoms with Crippen molar-refractivity contribution >= 4 is 17.6 Å². The monoisotopic (exact) mass is 374 g/mol. The Kier molecular flexibility index (Phi) is 6.33. The van der Waals surface area contributed by atoms with Crippen LogP contribution in [0.15, 0.2) is 59.6 Å². The van der Waals surface area contributed by atoms with Crippen LogP contribution in [0.1, 0.15) is 30.4 Å². The molecule has 1 aliphatic carbocycles. The maximum Gasteiger partial charge on any atom is 0.243 e. The predicted molar refractivity (Wildman–Crippen MR) is 114 cm³/mol. The fourth-order valence-electron chi connectivity index (χ4n) is 3.49. The molecule has 0 unspecified atom stereocenters. The Labute approximate surface area is 166 Å². The summed E-state index contributed by atoms with van der Waals surface area (Å²) in [5.41, 5.74) is 2.92. The fourth-order valence-corrected chi connectivity index (χ4v) is 3.49. The average molecular weight is 374 g/mol. The molecule has 1 amide bonds. The lowest BCUT2D eigenvalue weighted by Crippen LogP contribution is -2.49. The second-order valence-corrected chi connectivity index (χ2v) is 7.05. The van der Waals surface area contributed by atoms with Gasteiger partial charge >= 0.3 is 0 Å². The van der Waals surface area contributed by atoms with Crippen LogP contribution in [0.25, 0.3) is 0 Å². The first-order chi connectivity index (χ1) is 13.6. The minimum absolute atomic E-state index is 0.123. The molecular weight excluding hydrogens is 348 g/mol. The summed E-state index contributed by atoms with van der Waals surface area (Å²) in [5.74, 6) is 3.03. The molecule has 5 nitrogen and oxygen atoms in total. The van der Waals surface area contributed by atoms with Crippen molar-refractivity contribution in [3.8, 4) is 12.3 Å². The van der Waals surface area contributed by atoms with Crippen LogP contribution in [0.3, 0.4) is 0 Å². The van der Waals surface area contributed by atoms with Gasteiger partial charge in [0, 0.05) is 30.3 Å². The molecular formula is C23H26N4O. The molecule has 5 heteroatoms. The van der Waals surface area contributed by atoms with E-state index in [2.05, 4.69) is 51.1 Å². The Bertz CT molecular complexity index is 879. The lowest BCUT2D eigenvalue weighted by atomic mass is 9.64. The molecule has 0 atom stereocenters.